The van der Waals surface area contributed by atoms with Crippen molar-refractivity contribution < 1.29 is 19.1 Å². The Morgan fingerprint density at radius 1 is 1.45 bits per heavy atom. The van der Waals surface area contributed by atoms with Crippen molar-refractivity contribution in [3.63, 3.8) is 0 Å². The molecule has 0 saturated heterocycles. The zero-order chi connectivity index (χ0) is 15.1. The van der Waals surface area contributed by atoms with Crippen LogP contribution in [0.2, 0.25) is 5.15 Å². The van der Waals surface area contributed by atoms with Crippen LogP contribution in [-0.2, 0) is 9.53 Å². The quantitative estimate of drug-likeness (QED) is 0.641. The molecule has 0 unspecified atom stereocenters. The summed E-state index contributed by atoms with van der Waals surface area (Å²) >= 11 is 5.73. The average Bonchev–Trinajstić information content (AvgIpc) is 2.39. The molecule has 0 aliphatic rings. The first kappa shape index (κ1) is 15.9. The van der Waals surface area contributed by atoms with Gasteiger partial charge in [-0.3, -0.25) is 10.1 Å². The van der Waals surface area contributed by atoms with Crippen molar-refractivity contribution >= 4 is 29.5 Å². The lowest BCUT2D eigenvalue weighted by atomic mass is 10.3. The third kappa shape index (κ3) is 4.51. The summed E-state index contributed by atoms with van der Waals surface area (Å²) < 4.78 is 4.90. The summed E-state index contributed by atoms with van der Waals surface area (Å²) in [6, 6.07) is 2.29. The summed E-state index contributed by atoms with van der Waals surface area (Å²) in [6.45, 7) is 3.42. The lowest BCUT2D eigenvalue weighted by molar-refractivity contribution is -0.127. The summed E-state index contributed by atoms with van der Waals surface area (Å²) in [5.74, 6) is -1.52. The number of pyridine rings is 1. The van der Waals surface area contributed by atoms with Crippen LogP contribution in [0, 0.1) is 0 Å². The standard InChI is InChI=1S/C12H14ClN3O4/c1-3-14-12(19)16-10(17)7(2)20-11(18)8-5-4-6-15-9(8)13/h4-7H,3H2,1-2H3,(H2,14,16,17,19)/t7-/m1/s1. The Bertz CT molecular complexity index is 521. The lowest BCUT2D eigenvalue weighted by Crippen LogP contribution is -2.44. The highest BCUT2D eigenvalue weighted by Crippen LogP contribution is 2.13. The molecule has 7 nitrogen and oxygen atoms in total. The Kier molecular flexibility index (Phi) is 5.92. The predicted molar refractivity (Wildman–Crippen MR) is 71.3 cm³/mol. The van der Waals surface area contributed by atoms with Gasteiger partial charge in [0.1, 0.15) is 5.15 Å². The van der Waals surface area contributed by atoms with E-state index in [1.807, 2.05) is 5.32 Å². The van der Waals surface area contributed by atoms with Crippen LogP contribution in [0.3, 0.4) is 0 Å². The number of hydrogen-bond donors (Lipinski definition) is 2. The molecule has 0 aliphatic heterocycles. The summed E-state index contributed by atoms with van der Waals surface area (Å²) in [6.07, 6.45) is 0.283. The molecule has 0 aromatic carbocycles. The molecule has 8 heteroatoms. The molecular formula is C12H14ClN3O4. The molecule has 1 aromatic heterocycles. The predicted octanol–water partition coefficient (Wildman–Crippen LogP) is 1.13. The van der Waals surface area contributed by atoms with Gasteiger partial charge in [-0.25, -0.2) is 14.6 Å². The first-order valence-corrected chi connectivity index (χ1v) is 6.23. The number of amides is 3. The minimum Gasteiger partial charge on any atom is -0.449 e. The number of carbonyl (C=O) groups is 3. The number of urea groups is 1. The highest BCUT2D eigenvalue weighted by molar-refractivity contribution is 6.32. The van der Waals surface area contributed by atoms with Crippen LogP contribution in [0.1, 0.15) is 24.2 Å². The van der Waals surface area contributed by atoms with Gasteiger partial charge in [-0.1, -0.05) is 11.6 Å². The van der Waals surface area contributed by atoms with Crippen LogP contribution in [0.5, 0.6) is 0 Å². The summed E-state index contributed by atoms with van der Waals surface area (Å²) in [5.41, 5.74) is 0.0480. The molecule has 3 amide bonds. The second kappa shape index (κ2) is 7.44. The number of imide groups is 1. The first-order chi connectivity index (χ1) is 9.45. The highest BCUT2D eigenvalue weighted by Gasteiger charge is 2.22. The van der Waals surface area contributed by atoms with Crippen LogP contribution >= 0.6 is 11.6 Å². The van der Waals surface area contributed by atoms with Crippen LogP contribution < -0.4 is 10.6 Å². The third-order valence-electron chi connectivity index (χ3n) is 2.21. The van der Waals surface area contributed by atoms with E-state index in [2.05, 4.69) is 10.3 Å². The lowest BCUT2D eigenvalue weighted by Gasteiger charge is -2.13. The van der Waals surface area contributed by atoms with Gasteiger partial charge < -0.3 is 10.1 Å². The van der Waals surface area contributed by atoms with Gasteiger partial charge in [0.25, 0.3) is 5.91 Å². The Balaban J connectivity index is 2.60. The molecule has 1 aromatic rings. The second-order valence-corrected chi connectivity index (χ2v) is 4.10. The van der Waals surface area contributed by atoms with E-state index >= 15 is 0 Å². The van der Waals surface area contributed by atoms with E-state index in [9.17, 15) is 14.4 Å². The van der Waals surface area contributed by atoms with E-state index in [4.69, 9.17) is 16.3 Å². The number of carbonyl (C=O) groups excluding carboxylic acids is 3. The highest BCUT2D eigenvalue weighted by atomic mass is 35.5. The minimum atomic E-state index is -1.14. The number of halogens is 1. The normalized spacial score (nSPS) is 11.3. The fourth-order valence-electron chi connectivity index (χ4n) is 1.23. The van der Waals surface area contributed by atoms with Crippen LogP contribution in [0.25, 0.3) is 0 Å². The minimum absolute atomic E-state index is 0.0196. The molecule has 1 atom stereocenters. The zero-order valence-electron chi connectivity index (χ0n) is 11.0. The number of esters is 1. The molecule has 0 spiro atoms. The van der Waals surface area contributed by atoms with Crippen LogP contribution in [0.15, 0.2) is 18.3 Å². The van der Waals surface area contributed by atoms with Crippen molar-refractivity contribution in [3.8, 4) is 0 Å². The van der Waals surface area contributed by atoms with Gasteiger partial charge >= 0.3 is 12.0 Å². The van der Waals surface area contributed by atoms with E-state index in [1.165, 1.54) is 25.3 Å². The number of ether oxygens (including phenoxy) is 1. The molecule has 108 valence electrons. The molecule has 0 aliphatic carbocycles. The van der Waals surface area contributed by atoms with Crippen molar-refractivity contribution in [2.75, 3.05) is 6.54 Å². The topological polar surface area (TPSA) is 97.4 Å². The maximum atomic E-state index is 11.8. The van der Waals surface area contributed by atoms with Crippen molar-refractivity contribution in [2.45, 2.75) is 20.0 Å². The molecule has 1 rings (SSSR count). The number of aromatic nitrogens is 1. The molecule has 1 heterocycles. The van der Waals surface area contributed by atoms with Crippen molar-refractivity contribution in [3.05, 3.63) is 29.0 Å². The molecule has 0 saturated carbocycles. The van der Waals surface area contributed by atoms with Crippen molar-refractivity contribution in [1.82, 2.24) is 15.6 Å². The Morgan fingerprint density at radius 2 is 2.15 bits per heavy atom. The summed E-state index contributed by atoms with van der Waals surface area (Å²) in [5, 5.41) is 4.40. The first-order valence-electron chi connectivity index (χ1n) is 5.86. The van der Waals surface area contributed by atoms with Gasteiger partial charge in [-0.2, -0.15) is 0 Å². The fraction of sp³-hybridized carbons (Fsp3) is 0.333. The smallest absolute Gasteiger partial charge is 0.342 e. The van der Waals surface area contributed by atoms with Gasteiger partial charge in [0.05, 0.1) is 5.56 Å². The maximum absolute atomic E-state index is 11.8. The number of rotatable bonds is 4. The number of nitrogens with one attached hydrogen (secondary N) is 2. The van der Waals surface area contributed by atoms with E-state index in [-0.39, 0.29) is 10.7 Å². The molecule has 2 N–H and O–H groups in total. The van der Waals surface area contributed by atoms with Crippen LogP contribution in [0.4, 0.5) is 4.79 Å². The Labute approximate surface area is 120 Å². The SMILES string of the molecule is CCNC(=O)NC(=O)[C@@H](C)OC(=O)c1cccnc1Cl. The van der Waals surface area contributed by atoms with Gasteiger partial charge in [-0.15, -0.1) is 0 Å². The second-order valence-electron chi connectivity index (χ2n) is 3.74. The van der Waals surface area contributed by atoms with Crippen molar-refractivity contribution in [2.24, 2.45) is 0 Å². The number of nitrogens with zero attached hydrogens (tertiary/aromatic N) is 1. The largest absolute Gasteiger partial charge is 0.449 e. The Morgan fingerprint density at radius 3 is 2.75 bits per heavy atom. The monoisotopic (exact) mass is 299 g/mol. The molecular weight excluding hydrogens is 286 g/mol. The van der Waals surface area contributed by atoms with E-state index in [0.717, 1.165) is 0 Å². The average molecular weight is 300 g/mol. The third-order valence-corrected chi connectivity index (χ3v) is 2.51. The molecule has 0 radical (unpaired) electrons. The van der Waals surface area contributed by atoms with Gasteiger partial charge in [0, 0.05) is 12.7 Å². The van der Waals surface area contributed by atoms with Gasteiger partial charge in [-0.05, 0) is 26.0 Å². The summed E-state index contributed by atoms with van der Waals surface area (Å²) in [4.78, 5) is 38.2. The van der Waals surface area contributed by atoms with Gasteiger partial charge in [0.2, 0.25) is 0 Å². The number of hydrogen-bond acceptors (Lipinski definition) is 5. The molecule has 0 bridgehead atoms. The zero-order valence-corrected chi connectivity index (χ0v) is 11.7. The maximum Gasteiger partial charge on any atom is 0.342 e. The Hall–Kier alpha value is -2.15. The molecule has 20 heavy (non-hydrogen) atoms. The van der Waals surface area contributed by atoms with Crippen molar-refractivity contribution in [1.29, 1.82) is 0 Å². The van der Waals surface area contributed by atoms with Gasteiger partial charge in [0.15, 0.2) is 6.10 Å². The van der Waals surface area contributed by atoms with E-state index in [1.54, 1.807) is 6.92 Å². The van der Waals surface area contributed by atoms with E-state index < -0.39 is 24.0 Å². The molecule has 0 fully saturated rings. The van der Waals surface area contributed by atoms with Crippen LogP contribution in [-0.4, -0.2) is 35.5 Å². The fourth-order valence-corrected chi connectivity index (χ4v) is 1.43. The summed E-state index contributed by atoms with van der Waals surface area (Å²) in [7, 11) is 0. The van der Waals surface area contributed by atoms with E-state index in [0.29, 0.717) is 6.54 Å².